The molecule has 1 aliphatic heterocycles. The lowest BCUT2D eigenvalue weighted by atomic mass is 10.2. The Bertz CT molecular complexity index is 495. The normalized spacial score (nSPS) is 18.1. The second-order valence-electron chi connectivity index (χ2n) is 5.67. The van der Waals surface area contributed by atoms with Crippen LogP contribution in [0, 0.1) is 0 Å². The van der Waals surface area contributed by atoms with Crippen LogP contribution in [0.15, 0.2) is 30.3 Å². The maximum absolute atomic E-state index is 11.6. The molecule has 2 rings (SSSR count). The summed E-state index contributed by atoms with van der Waals surface area (Å²) >= 11 is 0. The van der Waals surface area contributed by atoms with Gasteiger partial charge in [0.25, 0.3) is 0 Å². The number of hydrogen-bond acceptors (Lipinski definition) is 4. The van der Waals surface area contributed by atoms with Crippen molar-refractivity contribution in [3.05, 3.63) is 35.9 Å². The number of para-hydroxylation sites is 1. The van der Waals surface area contributed by atoms with Gasteiger partial charge in [-0.1, -0.05) is 18.2 Å². The molecule has 0 spiro atoms. The van der Waals surface area contributed by atoms with Crippen molar-refractivity contribution >= 4 is 12.0 Å². The molecule has 108 valence electrons. The molecule has 0 amide bonds. The molecular weight excluding hydrogens is 256 g/mol. The van der Waals surface area contributed by atoms with E-state index >= 15 is 0 Å². The molecule has 1 aromatic carbocycles. The van der Waals surface area contributed by atoms with Crippen molar-refractivity contribution in [1.29, 1.82) is 0 Å². The first-order chi connectivity index (χ1) is 9.44. The van der Waals surface area contributed by atoms with Crippen LogP contribution in [0.1, 0.15) is 26.3 Å². The van der Waals surface area contributed by atoms with Gasteiger partial charge in [0, 0.05) is 11.6 Å². The molecule has 1 aliphatic rings. The number of carbonyl (C=O) groups excluding carboxylic acids is 1. The second-order valence-corrected chi connectivity index (χ2v) is 5.67. The molecule has 1 fully saturated rings. The molecule has 0 N–H and O–H groups in total. The van der Waals surface area contributed by atoms with Gasteiger partial charge in [-0.3, -0.25) is 0 Å². The zero-order valence-corrected chi connectivity index (χ0v) is 12.1. The van der Waals surface area contributed by atoms with Gasteiger partial charge in [-0.15, -0.1) is 0 Å². The van der Waals surface area contributed by atoms with Crippen molar-refractivity contribution in [3.8, 4) is 5.75 Å². The van der Waals surface area contributed by atoms with E-state index in [0.29, 0.717) is 6.61 Å². The van der Waals surface area contributed by atoms with Crippen LogP contribution in [0.25, 0.3) is 6.08 Å². The number of rotatable bonds is 5. The van der Waals surface area contributed by atoms with Gasteiger partial charge >= 0.3 is 5.97 Å². The Morgan fingerprint density at radius 3 is 2.75 bits per heavy atom. The summed E-state index contributed by atoms with van der Waals surface area (Å²) in [6.07, 6.45) is 3.33. The lowest BCUT2D eigenvalue weighted by Crippen LogP contribution is -2.22. The maximum Gasteiger partial charge on any atom is 0.331 e. The van der Waals surface area contributed by atoms with Crippen molar-refractivity contribution in [2.45, 2.75) is 32.5 Å². The molecule has 1 aromatic rings. The number of esters is 1. The highest BCUT2D eigenvalue weighted by Crippen LogP contribution is 2.21. The van der Waals surface area contributed by atoms with Gasteiger partial charge in [0.15, 0.2) is 0 Å². The van der Waals surface area contributed by atoms with E-state index in [0.717, 1.165) is 17.9 Å². The van der Waals surface area contributed by atoms with E-state index < -0.39 is 5.60 Å². The molecule has 1 heterocycles. The Morgan fingerprint density at radius 1 is 1.40 bits per heavy atom. The average molecular weight is 276 g/mol. The van der Waals surface area contributed by atoms with Gasteiger partial charge in [0.1, 0.15) is 24.1 Å². The molecule has 1 atom stereocenters. The third-order valence-corrected chi connectivity index (χ3v) is 2.55. The lowest BCUT2D eigenvalue weighted by Gasteiger charge is -2.18. The molecule has 0 bridgehead atoms. The molecule has 0 aliphatic carbocycles. The van der Waals surface area contributed by atoms with Crippen LogP contribution < -0.4 is 4.74 Å². The molecule has 4 nitrogen and oxygen atoms in total. The first kappa shape index (κ1) is 14.6. The summed E-state index contributed by atoms with van der Waals surface area (Å²) in [5.41, 5.74) is 0.361. The Kier molecular flexibility index (Phi) is 4.45. The zero-order chi connectivity index (χ0) is 14.6. The number of carbonyl (C=O) groups is 1. The fraction of sp³-hybridized carbons (Fsp3) is 0.438. The lowest BCUT2D eigenvalue weighted by molar-refractivity contribution is -0.148. The summed E-state index contributed by atoms with van der Waals surface area (Å²) in [6.45, 7) is 6.81. The molecule has 0 saturated carbocycles. The number of hydrogen-bond donors (Lipinski definition) is 0. The minimum absolute atomic E-state index is 0.206. The fourth-order valence-corrected chi connectivity index (χ4v) is 1.59. The summed E-state index contributed by atoms with van der Waals surface area (Å²) in [4.78, 5) is 11.6. The fourth-order valence-electron chi connectivity index (χ4n) is 1.59. The number of ether oxygens (including phenoxy) is 3. The molecular formula is C16H20O4. The monoisotopic (exact) mass is 276 g/mol. The Morgan fingerprint density at radius 2 is 2.10 bits per heavy atom. The molecule has 4 heteroatoms. The first-order valence-electron chi connectivity index (χ1n) is 6.68. The van der Waals surface area contributed by atoms with Crippen LogP contribution in [-0.4, -0.2) is 30.9 Å². The smallest absolute Gasteiger partial charge is 0.331 e. The quantitative estimate of drug-likeness (QED) is 0.471. The van der Waals surface area contributed by atoms with Crippen molar-refractivity contribution in [2.24, 2.45) is 0 Å². The van der Waals surface area contributed by atoms with E-state index in [4.69, 9.17) is 14.2 Å². The Labute approximate surface area is 119 Å². The predicted molar refractivity (Wildman–Crippen MR) is 76.6 cm³/mol. The third kappa shape index (κ3) is 5.05. The first-order valence-corrected chi connectivity index (χ1v) is 6.68. The molecule has 1 saturated heterocycles. The van der Waals surface area contributed by atoms with Crippen molar-refractivity contribution in [2.75, 3.05) is 13.2 Å². The van der Waals surface area contributed by atoms with Gasteiger partial charge in [0.2, 0.25) is 0 Å². The molecule has 0 aromatic heterocycles. The summed E-state index contributed by atoms with van der Waals surface area (Å²) in [5, 5.41) is 0. The third-order valence-electron chi connectivity index (χ3n) is 2.55. The van der Waals surface area contributed by atoms with E-state index in [1.807, 2.05) is 45.0 Å². The van der Waals surface area contributed by atoms with Crippen molar-refractivity contribution in [1.82, 2.24) is 0 Å². The summed E-state index contributed by atoms with van der Waals surface area (Å²) in [5.74, 6) is 0.376. The van der Waals surface area contributed by atoms with Crippen LogP contribution in [0.5, 0.6) is 5.75 Å². The van der Waals surface area contributed by atoms with Crippen LogP contribution in [0.4, 0.5) is 0 Å². The highest BCUT2D eigenvalue weighted by Gasteiger charge is 2.23. The molecule has 20 heavy (non-hydrogen) atoms. The van der Waals surface area contributed by atoms with E-state index in [-0.39, 0.29) is 12.1 Å². The minimum Gasteiger partial charge on any atom is -0.490 e. The average Bonchev–Trinajstić information content (AvgIpc) is 3.17. The Hall–Kier alpha value is -1.81. The van der Waals surface area contributed by atoms with E-state index in [1.54, 1.807) is 6.08 Å². The van der Waals surface area contributed by atoms with Gasteiger partial charge in [-0.2, -0.15) is 0 Å². The van der Waals surface area contributed by atoms with Gasteiger partial charge in [0.05, 0.1) is 6.61 Å². The second kappa shape index (κ2) is 6.09. The van der Waals surface area contributed by atoms with Crippen LogP contribution in [0.2, 0.25) is 0 Å². The van der Waals surface area contributed by atoms with E-state index in [1.165, 1.54) is 6.08 Å². The Balaban J connectivity index is 1.98. The van der Waals surface area contributed by atoms with E-state index in [2.05, 4.69) is 0 Å². The number of benzene rings is 1. The zero-order valence-electron chi connectivity index (χ0n) is 12.1. The van der Waals surface area contributed by atoms with Gasteiger partial charge in [-0.25, -0.2) is 4.79 Å². The standard InChI is InChI=1S/C16H20O4/c1-16(2,3)20-15(17)9-8-12-6-4-5-7-14(12)19-11-13-10-18-13/h4-9,13H,10-11H2,1-3H3/b9-8+. The summed E-state index contributed by atoms with van der Waals surface area (Å²) in [7, 11) is 0. The topological polar surface area (TPSA) is 48.1 Å². The highest BCUT2D eigenvalue weighted by molar-refractivity contribution is 5.87. The maximum atomic E-state index is 11.6. The van der Waals surface area contributed by atoms with Gasteiger partial charge < -0.3 is 14.2 Å². The van der Waals surface area contributed by atoms with Crippen LogP contribution in [0.3, 0.4) is 0 Å². The molecule has 1 unspecified atom stereocenters. The van der Waals surface area contributed by atoms with Crippen molar-refractivity contribution < 1.29 is 19.0 Å². The van der Waals surface area contributed by atoms with Crippen molar-refractivity contribution in [3.63, 3.8) is 0 Å². The summed E-state index contributed by atoms with van der Waals surface area (Å²) < 4.78 is 16.0. The number of epoxide rings is 1. The SMILES string of the molecule is CC(C)(C)OC(=O)/C=C/c1ccccc1OCC1CO1. The summed E-state index contributed by atoms with van der Waals surface area (Å²) in [6, 6.07) is 7.56. The van der Waals surface area contributed by atoms with Crippen LogP contribution >= 0.6 is 0 Å². The van der Waals surface area contributed by atoms with E-state index in [9.17, 15) is 4.79 Å². The largest absolute Gasteiger partial charge is 0.490 e. The minimum atomic E-state index is -0.485. The van der Waals surface area contributed by atoms with Crippen LogP contribution in [-0.2, 0) is 14.3 Å². The predicted octanol–water partition coefficient (Wildman–Crippen LogP) is 2.82. The highest BCUT2D eigenvalue weighted by atomic mass is 16.6. The molecule has 0 radical (unpaired) electrons. The van der Waals surface area contributed by atoms with Gasteiger partial charge in [-0.05, 0) is 32.9 Å².